The molecule has 1 unspecified atom stereocenters. The largest absolute Gasteiger partial charge is 0.507 e. The number of ether oxygens (including phenoxy) is 1. The second-order valence-corrected chi connectivity index (χ2v) is 9.13. The number of rotatable bonds is 3. The summed E-state index contributed by atoms with van der Waals surface area (Å²) < 4.78 is 6.54. The first-order chi connectivity index (χ1) is 14.2. The van der Waals surface area contributed by atoms with E-state index in [9.17, 15) is 5.11 Å². The summed E-state index contributed by atoms with van der Waals surface area (Å²) in [6.45, 7) is 10.0. The van der Waals surface area contributed by atoms with Crippen molar-refractivity contribution >= 4 is 33.8 Å². The molecule has 30 heavy (non-hydrogen) atoms. The smallest absolute Gasteiger partial charge is 0.127 e. The maximum absolute atomic E-state index is 10.4. The van der Waals surface area contributed by atoms with Gasteiger partial charge in [0, 0.05) is 23.1 Å². The Labute approximate surface area is 183 Å². The van der Waals surface area contributed by atoms with Crippen LogP contribution in [-0.2, 0) is 6.42 Å². The van der Waals surface area contributed by atoms with Crippen LogP contribution in [0, 0.1) is 27.7 Å². The molecule has 1 atom stereocenters. The number of phenolic OH excluding ortho intramolecular Hbond substituents is 1. The normalized spacial score (nSPS) is 18.0. The standard InChI is InChI=1S/C25H28N2O2S/c1-14-12-21(19-8-6-7-9-20(19)26-14)27-22(30)13-25(5)11-10-18-17(4)23(28)15(2)16(3)24(18)29-25/h6-9,12,28H,10-11,13H2,1-5H3,(H,26,27,30). The summed E-state index contributed by atoms with van der Waals surface area (Å²) in [4.78, 5) is 5.35. The summed E-state index contributed by atoms with van der Waals surface area (Å²) in [6.07, 6.45) is 2.34. The van der Waals surface area contributed by atoms with Gasteiger partial charge in [-0.25, -0.2) is 0 Å². The van der Waals surface area contributed by atoms with E-state index >= 15 is 0 Å². The molecular weight excluding hydrogens is 392 g/mol. The van der Waals surface area contributed by atoms with Crippen molar-refractivity contribution in [2.75, 3.05) is 5.32 Å². The predicted octanol–water partition coefficient (Wildman–Crippen LogP) is 6.09. The lowest BCUT2D eigenvalue weighted by atomic mass is 9.85. The van der Waals surface area contributed by atoms with Crippen molar-refractivity contribution in [1.29, 1.82) is 0 Å². The van der Waals surface area contributed by atoms with Crippen LogP contribution in [0.15, 0.2) is 30.3 Å². The summed E-state index contributed by atoms with van der Waals surface area (Å²) in [7, 11) is 0. The molecule has 1 aliphatic rings. The molecule has 1 aromatic heterocycles. The van der Waals surface area contributed by atoms with E-state index in [0.717, 1.165) is 68.1 Å². The average molecular weight is 421 g/mol. The van der Waals surface area contributed by atoms with E-state index in [2.05, 4.69) is 23.3 Å². The zero-order valence-electron chi connectivity index (χ0n) is 18.2. The number of fused-ring (bicyclic) bond motifs is 2. The number of aryl methyl sites for hydroxylation is 1. The molecule has 2 heterocycles. The molecule has 5 heteroatoms. The van der Waals surface area contributed by atoms with Crippen LogP contribution in [0.5, 0.6) is 11.5 Å². The minimum absolute atomic E-state index is 0.385. The van der Waals surface area contributed by atoms with Gasteiger partial charge < -0.3 is 15.2 Å². The number of aromatic hydroxyl groups is 1. The molecule has 0 bridgehead atoms. The van der Waals surface area contributed by atoms with Gasteiger partial charge in [0.1, 0.15) is 17.1 Å². The lowest BCUT2D eigenvalue weighted by Gasteiger charge is -2.38. The van der Waals surface area contributed by atoms with Gasteiger partial charge in [-0.15, -0.1) is 0 Å². The van der Waals surface area contributed by atoms with E-state index in [-0.39, 0.29) is 0 Å². The van der Waals surface area contributed by atoms with Gasteiger partial charge in [-0.05, 0) is 76.3 Å². The van der Waals surface area contributed by atoms with E-state index in [1.54, 1.807) is 0 Å². The summed E-state index contributed by atoms with van der Waals surface area (Å²) in [5.74, 6) is 1.29. The van der Waals surface area contributed by atoms with Crippen LogP contribution in [0.2, 0.25) is 0 Å². The lowest BCUT2D eigenvalue weighted by Crippen LogP contribution is -2.40. The average Bonchev–Trinajstić information content (AvgIpc) is 2.70. The topological polar surface area (TPSA) is 54.4 Å². The number of pyridine rings is 1. The summed E-state index contributed by atoms with van der Waals surface area (Å²) >= 11 is 5.75. The van der Waals surface area contributed by atoms with Crippen molar-refractivity contribution in [2.24, 2.45) is 0 Å². The molecule has 0 amide bonds. The first kappa shape index (κ1) is 20.6. The monoisotopic (exact) mass is 420 g/mol. The lowest BCUT2D eigenvalue weighted by molar-refractivity contribution is 0.0716. The highest BCUT2D eigenvalue weighted by atomic mass is 32.1. The SMILES string of the molecule is Cc1cc(NC(=S)CC2(C)CCc3c(C)c(O)c(C)c(C)c3O2)c2ccccc2n1. The highest BCUT2D eigenvalue weighted by Gasteiger charge is 2.35. The second kappa shape index (κ2) is 7.55. The quantitative estimate of drug-likeness (QED) is 0.502. The molecular formula is C25H28N2O2S. The Balaban J connectivity index is 1.58. The molecule has 4 nitrogen and oxygen atoms in total. The summed E-state index contributed by atoms with van der Waals surface area (Å²) in [6, 6.07) is 10.1. The number of hydrogen-bond donors (Lipinski definition) is 2. The van der Waals surface area contributed by atoms with Crippen LogP contribution in [0.25, 0.3) is 10.9 Å². The number of phenols is 1. The first-order valence-electron chi connectivity index (χ1n) is 10.4. The number of aromatic nitrogens is 1. The third-order valence-corrected chi connectivity index (χ3v) is 6.49. The van der Waals surface area contributed by atoms with Crippen molar-refractivity contribution in [1.82, 2.24) is 4.98 Å². The van der Waals surface area contributed by atoms with E-state index in [0.29, 0.717) is 12.2 Å². The summed E-state index contributed by atoms with van der Waals surface area (Å²) in [5, 5.41) is 14.9. The molecule has 0 saturated carbocycles. The fourth-order valence-electron chi connectivity index (χ4n) is 4.36. The number of thiocarbonyl (C=S) groups is 1. The minimum atomic E-state index is -0.393. The minimum Gasteiger partial charge on any atom is -0.507 e. The molecule has 0 radical (unpaired) electrons. The molecule has 4 rings (SSSR count). The van der Waals surface area contributed by atoms with E-state index in [1.165, 1.54) is 0 Å². The van der Waals surface area contributed by atoms with Gasteiger partial charge in [0.25, 0.3) is 0 Å². The number of nitrogens with one attached hydrogen (secondary N) is 1. The zero-order valence-corrected chi connectivity index (χ0v) is 19.0. The van der Waals surface area contributed by atoms with E-state index in [4.69, 9.17) is 17.0 Å². The fourth-order valence-corrected chi connectivity index (χ4v) is 4.78. The number of benzene rings is 2. The van der Waals surface area contributed by atoms with Crippen LogP contribution in [-0.4, -0.2) is 20.7 Å². The third kappa shape index (κ3) is 3.63. The maximum Gasteiger partial charge on any atom is 0.127 e. The molecule has 0 fully saturated rings. The molecule has 156 valence electrons. The van der Waals surface area contributed by atoms with Gasteiger partial charge in [-0.1, -0.05) is 30.4 Å². The van der Waals surface area contributed by atoms with Gasteiger partial charge >= 0.3 is 0 Å². The molecule has 2 N–H and O–H groups in total. The van der Waals surface area contributed by atoms with Crippen LogP contribution >= 0.6 is 12.2 Å². The molecule has 2 aromatic carbocycles. The van der Waals surface area contributed by atoms with Gasteiger partial charge in [0.15, 0.2) is 0 Å². The Kier molecular flexibility index (Phi) is 5.18. The van der Waals surface area contributed by atoms with Crippen LogP contribution in [0.4, 0.5) is 5.69 Å². The Hall–Kier alpha value is -2.66. The molecule has 0 spiro atoms. The highest BCUT2D eigenvalue weighted by Crippen LogP contribution is 2.44. The van der Waals surface area contributed by atoms with Crippen LogP contribution in [0.1, 0.15) is 47.7 Å². The Bertz CT molecular complexity index is 1170. The molecule has 0 aliphatic carbocycles. The van der Waals surface area contributed by atoms with Crippen LogP contribution in [0.3, 0.4) is 0 Å². The Morgan fingerprint density at radius 2 is 1.90 bits per heavy atom. The van der Waals surface area contributed by atoms with Crippen molar-refractivity contribution in [2.45, 2.75) is 59.5 Å². The Morgan fingerprint density at radius 3 is 2.67 bits per heavy atom. The van der Waals surface area contributed by atoms with E-state index in [1.807, 2.05) is 52.0 Å². The molecule has 3 aromatic rings. The van der Waals surface area contributed by atoms with Gasteiger partial charge in [0.05, 0.1) is 16.2 Å². The van der Waals surface area contributed by atoms with Crippen molar-refractivity contribution in [3.63, 3.8) is 0 Å². The Morgan fingerprint density at radius 1 is 1.17 bits per heavy atom. The maximum atomic E-state index is 10.4. The molecule has 0 saturated heterocycles. The number of para-hydroxylation sites is 1. The number of anilines is 1. The first-order valence-corrected chi connectivity index (χ1v) is 10.8. The zero-order chi connectivity index (χ0) is 21.6. The predicted molar refractivity (Wildman–Crippen MR) is 127 cm³/mol. The number of hydrogen-bond acceptors (Lipinski definition) is 4. The van der Waals surface area contributed by atoms with Gasteiger partial charge in [-0.3, -0.25) is 4.98 Å². The van der Waals surface area contributed by atoms with Crippen molar-refractivity contribution < 1.29 is 9.84 Å². The number of nitrogens with zero attached hydrogens (tertiary/aromatic N) is 1. The van der Waals surface area contributed by atoms with E-state index < -0.39 is 5.60 Å². The van der Waals surface area contributed by atoms with Gasteiger partial charge in [-0.2, -0.15) is 0 Å². The van der Waals surface area contributed by atoms with Crippen molar-refractivity contribution in [3.05, 3.63) is 58.3 Å². The third-order valence-electron chi connectivity index (χ3n) is 6.25. The molecule has 1 aliphatic heterocycles. The van der Waals surface area contributed by atoms with Crippen molar-refractivity contribution in [3.8, 4) is 11.5 Å². The van der Waals surface area contributed by atoms with Crippen LogP contribution < -0.4 is 10.1 Å². The highest BCUT2D eigenvalue weighted by molar-refractivity contribution is 7.80. The summed E-state index contributed by atoms with van der Waals surface area (Å²) in [5.41, 5.74) is 6.43. The fraction of sp³-hybridized carbons (Fsp3) is 0.360. The second-order valence-electron chi connectivity index (χ2n) is 8.64. The van der Waals surface area contributed by atoms with Gasteiger partial charge in [0.2, 0.25) is 0 Å².